The molecule has 0 saturated carbocycles. The first-order chi connectivity index (χ1) is 14.2. The summed E-state index contributed by atoms with van der Waals surface area (Å²) >= 11 is 0. The van der Waals surface area contributed by atoms with Gasteiger partial charge in [-0.1, -0.05) is 54.6 Å². The molecule has 0 aliphatic carbocycles. The van der Waals surface area contributed by atoms with Crippen molar-refractivity contribution in [3.05, 3.63) is 89.8 Å². The van der Waals surface area contributed by atoms with Gasteiger partial charge in [0.15, 0.2) is 0 Å². The molecule has 3 nitrogen and oxygen atoms in total. The molecule has 0 N–H and O–H groups in total. The molecule has 4 rings (SSSR count). The first-order valence-corrected chi connectivity index (χ1v) is 10.2. The Kier molecular flexibility index (Phi) is 6.11. The molecule has 3 aromatic rings. The van der Waals surface area contributed by atoms with Crippen molar-refractivity contribution in [2.24, 2.45) is 0 Å². The van der Waals surface area contributed by atoms with Crippen LogP contribution in [0.4, 0.5) is 4.39 Å². The van der Waals surface area contributed by atoms with Gasteiger partial charge in [0, 0.05) is 30.8 Å². The Balaban J connectivity index is 1.51. The molecule has 1 saturated heterocycles. The lowest BCUT2D eigenvalue weighted by Gasteiger charge is -2.32. The van der Waals surface area contributed by atoms with E-state index in [2.05, 4.69) is 46.3 Å². The monoisotopic (exact) mass is 387 g/mol. The second kappa shape index (κ2) is 9.10. The predicted molar refractivity (Wildman–Crippen MR) is 116 cm³/mol. The Morgan fingerprint density at radius 3 is 2.69 bits per heavy atom. The zero-order chi connectivity index (χ0) is 20.1. The van der Waals surface area contributed by atoms with E-state index in [0.717, 1.165) is 55.1 Å². The SMILES string of the molecule is Cc1ncc(-c2ccc(F)cc2)c(C2CCCN(C/C=C/c3ccccc3)C2)n1. The van der Waals surface area contributed by atoms with Crippen LogP contribution in [0.1, 0.15) is 35.8 Å². The van der Waals surface area contributed by atoms with Crippen LogP contribution in [0.15, 0.2) is 66.9 Å². The summed E-state index contributed by atoms with van der Waals surface area (Å²) < 4.78 is 13.4. The summed E-state index contributed by atoms with van der Waals surface area (Å²) in [5.41, 5.74) is 4.30. The molecular formula is C25H26FN3. The lowest BCUT2D eigenvalue weighted by atomic mass is 9.90. The maximum Gasteiger partial charge on any atom is 0.125 e. The highest BCUT2D eigenvalue weighted by Gasteiger charge is 2.25. The molecule has 1 aromatic heterocycles. The van der Waals surface area contributed by atoms with E-state index < -0.39 is 0 Å². The van der Waals surface area contributed by atoms with Crippen molar-refractivity contribution < 1.29 is 4.39 Å². The molecule has 4 heteroatoms. The number of piperidine rings is 1. The van der Waals surface area contributed by atoms with Gasteiger partial charge >= 0.3 is 0 Å². The van der Waals surface area contributed by atoms with E-state index in [9.17, 15) is 4.39 Å². The van der Waals surface area contributed by atoms with Crippen LogP contribution in [0.2, 0.25) is 0 Å². The molecule has 0 amide bonds. The summed E-state index contributed by atoms with van der Waals surface area (Å²) in [6.45, 7) is 4.94. The molecule has 148 valence electrons. The summed E-state index contributed by atoms with van der Waals surface area (Å²) in [7, 11) is 0. The molecule has 2 aromatic carbocycles. The predicted octanol–water partition coefficient (Wildman–Crippen LogP) is 5.48. The van der Waals surface area contributed by atoms with Crippen molar-refractivity contribution >= 4 is 6.08 Å². The van der Waals surface area contributed by atoms with Gasteiger partial charge < -0.3 is 0 Å². The van der Waals surface area contributed by atoms with Gasteiger partial charge in [0.05, 0.1) is 5.69 Å². The molecule has 1 fully saturated rings. The first kappa shape index (κ1) is 19.5. The molecule has 0 spiro atoms. The Morgan fingerprint density at radius 1 is 1.10 bits per heavy atom. The third-order valence-electron chi connectivity index (χ3n) is 5.46. The highest BCUT2D eigenvalue weighted by molar-refractivity contribution is 5.65. The average molecular weight is 388 g/mol. The normalized spacial score (nSPS) is 17.7. The summed E-state index contributed by atoms with van der Waals surface area (Å²) in [5.74, 6) is 0.917. The zero-order valence-corrected chi connectivity index (χ0v) is 16.8. The highest BCUT2D eigenvalue weighted by Crippen LogP contribution is 2.33. The summed E-state index contributed by atoms with van der Waals surface area (Å²) in [6.07, 6.45) is 8.57. The van der Waals surface area contributed by atoms with Gasteiger partial charge in [0.25, 0.3) is 0 Å². The van der Waals surface area contributed by atoms with Crippen molar-refractivity contribution in [3.63, 3.8) is 0 Å². The van der Waals surface area contributed by atoms with Crippen LogP contribution in [-0.4, -0.2) is 34.5 Å². The van der Waals surface area contributed by atoms with Crippen LogP contribution in [0.3, 0.4) is 0 Å². The van der Waals surface area contributed by atoms with Crippen LogP contribution in [-0.2, 0) is 0 Å². The second-order valence-electron chi connectivity index (χ2n) is 7.63. The fourth-order valence-corrected chi connectivity index (χ4v) is 4.00. The quantitative estimate of drug-likeness (QED) is 0.580. The average Bonchev–Trinajstić information content (AvgIpc) is 2.75. The first-order valence-electron chi connectivity index (χ1n) is 10.2. The van der Waals surface area contributed by atoms with Gasteiger partial charge in [-0.3, -0.25) is 4.90 Å². The van der Waals surface area contributed by atoms with Gasteiger partial charge in [-0.2, -0.15) is 0 Å². The van der Waals surface area contributed by atoms with Crippen molar-refractivity contribution in [3.8, 4) is 11.1 Å². The van der Waals surface area contributed by atoms with Crippen molar-refractivity contribution in [2.75, 3.05) is 19.6 Å². The lowest BCUT2D eigenvalue weighted by molar-refractivity contribution is 0.226. The maximum atomic E-state index is 13.4. The zero-order valence-electron chi connectivity index (χ0n) is 16.8. The van der Waals surface area contributed by atoms with Gasteiger partial charge in [-0.15, -0.1) is 0 Å². The number of hydrogen-bond donors (Lipinski definition) is 0. The lowest BCUT2D eigenvalue weighted by Crippen LogP contribution is -2.35. The van der Waals surface area contributed by atoms with Crippen LogP contribution in [0, 0.1) is 12.7 Å². The van der Waals surface area contributed by atoms with E-state index in [-0.39, 0.29) is 5.82 Å². The minimum Gasteiger partial charge on any atom is -0.299 e. The molecule has 0 radical (unpaired) electrons. The topological polar surface area (TPSA) is 29.0 Å². The third-order valence-corrected chi connectivity index (χ3v) is 5.46. The fourth-order valence-electron chi connectivity index (χ4n) is 4.00. The molecule has 1 aliphatic rings. The van der Waals surface area contributed by atoms with Crippen LogP contribution < -0.4 is 0 Å². The standard InChI is InChI=1S/C25H26FN3/c1-19-27-17-24(21-11-13-23(26)14-12-21)25(28-19)22-10-6-16-29(18-22)15-5-9-20-7-3-2-4-8-20/h2-5,7-9,11-14,17,22H,6,10,15-16,18H2,1H3/b9-5+. The Hall–Kier alpha value is -2.85. The van der Waals surface area contributed by atoms with E-state index in [1.54, 1.807) is 0 Å². The van der Waals surface area contributed by atoms with Crippen molar-refractivity contribution in [1.82, 2.24) is 14.9 Å². The number of rotatable bonds is 5. The van der Waals surface area contributed by atoms with Crippen LogP contribution in [0.25, 0.3) is 17.2 Å². The molecule has 0 bridgehead atoms. The second-order valence-corrected chi connectivity index (χ2v) is 7.63. The van der Waals surface area contributed by atoms with Gasteiger partial charge in [-0.05, 0) is 49.6 Å². The van der Waals surface area contributed by atoms with Gasteiger partial charge in [0.1, 0.15) is 11.6 Å². The number of nitrogens with zero attached hydrogens (tertiary/aromatic N) is 3. The molecule has 1 atom stereocenters. The Morgan fingerprint density at radius 2 is 1.90 bits per heavy atom. The minimum absolute atomic E-state index is 0.225. The molecule has 2 heterocycles. The number of benzene rings is 2. The fraction of sp³-hybridized carbons (Fsp3) is 0.280. The van der Waals surface area contributed by atoms with E-state index in [4.69, 9.17) is 4.98 Å². The summed E-state index contributed by atoms with van der Waals surface area (Å²) in [6, 6.07) is 17.0. The minimum atomic E-state index is -0.225. The van der Waals surface area contributed by atoms with E-state index in [1.165, 1.54) is 17.7 Å². The molecular weight excluding hydrogens is 361 g/mol. The van der Waals surface area contributed by atoms with Crippen molar-refractivity contribution in [2.45, 2.75) is 25.7 Å². The van der Waals surface area contributed by atoms with Crippen LogP contribution in [0.5, 0.6) is 0 Å². The number of halogens is 1. The number of aromatic nitrogens is 2. The van der Waals surface area contributed by atoms with Crippen LogP contribution >= 0.6 is 0 Å². The Bertz CT molecular complexity index is 967. The van der Waals surface area contributed by atoms with E-state index in [1.807, 2.05) is 31.3 Å². The Labute approximate surface area is 171 Å². The maximum absolute atomic E-state index is 13.4. The molecule has 29 heavy (non-hydrogen) atoms. The van der Waals surface area contributed by atoms with Gasteiger partial charge in [0.2, 0.25) is 0 Å². The number of hydrogen-bond acceptors (Lipinski definition) is 3. The van der Waals surface area contributed by atoms with Crippen molar-refractivity contribution in [1.29, 1.82) is 0 Å². The molecule has 1 aliphatic heterocycles. The van der Waals surface area contributed by atoms with E-state index in [0.29, 0.717) is 5.92 Å². The van der Waals surface area contributed by atoms with E-state index >= 15 is 0 Å². The smallest absolute Gasteiger partial charge is 0.125 e. The number of likely N-dealkylation sites (tertiary alicyclic amines) is 1. The summed E-state index contributed by atoms with van der Waals surface area (Å²) in [5, 5.41) is 0. The number of aryl methyl sites for hydroxylation is 1. The largest absolute Gasteiger partial charge is 0.299 e. The molecule has 1 unspecified atom stereocenters. The third kappa shape index (κ3) is 4.96. The van der Waals surface area contributed by atoms with Gasteiger partial charge in [-0.25, -0.2) is 14.4 Å². The highest BCUT2D eigenvalue weighted by atomic mass is 19.1. The summed E-state index contributed by atoms with van der Waals surface area (Å²) in [4.78, 5) is 11.7.